The zero-order valence-corrected chi connectivity index (χ0v) is 22.2. The number of carbonyl (C=O) groups excluding carboxylic acids is 3. The number of ether oxygens (including phenoxy) is 4. The van der Waals surface area contributed by atoms with Gasteiger partial charge in [0.05, 0.1) is 62.6 Å². The van der Waals surface area contributed by atoms with Gasteiger partial charge in [-0.1, -0.05) is 12.1 Å². The molecule has 0 bridgehead atoms. The molecule has 0 spiro atoms. The van der Waals surface area contributed by atoms with E-state index in [9.17, 15) is 14.4 Å². The molecule has 1 atom stereocenters. The Kier molecular flexibility index (Phi) is 10.4. The minimum atomic E-state index is -1.19. The van der Waals surface area contributed by atoms with E-state index in [-0.39, 0.29) is 49.6 Å². The number of amides is 1. The van der Waals surface area contributed by atoms with Crippen LogP contribution in [0.2, 0.25) is 0 Å². The van der Waals surface area contributed by atoms with Gasteiger partial charge in [-0.05, 0) is 32.4 Å². The van der Waals surface area contributed by atoms with Crippen LogP contribution in [0, 0.1) is 5.82 Å². The molecule has 208 valence electrons. The van der Waals surface area contributed by atoms with Crippen LogP contribution < -0.4 is 20.1 Å². The van der Waals surface area contributed by atoms with Crippen molar-refractivity contribution in [1.29, 1.82) is 0 Å². The number of benzene rings is 2. The van der Waals surface area contributed by atoms with Gasteiger partial charge in [0.25, 0.3) is 5.91 Å². The molecule has 1 aromatic heterocycles. The van der Waals surface area contributed by atoms with Gasteiger partial charge in [-0.3, -0.25) is 14.6 Å². The summed E-state index contributed by atoms with van der Waals surface area (Å²) in [5, 5.41) is 5.44. The topological polar surface area (TPSA) is 138 Å². The number of halogens is 1. The molecule has 0 aliphatic heterocycles. The molecule has 1 heterocycles. The molecular formula is C27H31FN4O7. The van der Waals surface area contributed by atoms with Crippen LogP contribution in [0.4, 0.5) is 10.1 Å². The summed E-state index contributed by atoms with van der Waals surface area (Å²) in [5.41, 5.74) is 1.72. The van der Waals surface area contributed by atoms with Gasteiger partial charge in [0, 0.05) is 12.5 Å². The fraction of sp³-hybridized carbons (Fsp3) is 0.370. The summed E-state index contributed by atoms with van der Waals surface area (Å²) >= 11 is 0. The van der Waals surface area contributed by atoms with Crippen LogP contribution in [0.5, 0.6) is 11.5 Å². The minimum absolute atomic E-state index is 0.000498. The molecule has 0 saturated carbocycles. The first-order valence-electron chi connectivity index (χ1n) is 12.3. The van der Waals surface area contributed by atoms with Gasteiger partial charge in [-0.15, -0.1) is 0 Å². The zero-order valence-electron chi connectivity index (χ0n) is 22.2. The molecule has 39 heavy (non-hydrogen) atoms. The van der Waals surface area contributed by atoms with Crippen LogP contribution in [0.1, 0.15) is 42.7 Å². The summed E-state index contributed by atoms with van der Waals surface area (Å²) in [6, 6.07) is 7.47. The normalized spacial score (nSPS) is 11.4. The van der Waals surface area contributed by atoms with E-state index >= 15 is 4.39 Å². The molecule has 0 aliphatic carbocycles. The van der Waals surface area contributed by atoms with Gasteiger partial charge >= 0.3 is 11.9 Å². The number of nitrogens with one attached hydrogen (secondary N) is 2. The van der Waals surface area contributed by atoms with Crippen LogP contribution in [0.25, 0.3) is 11.0 Å². The van der Waals surface area contributed by atoms with Gasteiger partial charge in [0.2, 0.25) is 0 Å². The van der Waals surface area contributed by atoms with Crippen molar-refractivity contribution in [3.63, 3.8) is 0 Å². The predicted molar refractivity (Wildman–Crippen MR) is 140 cm³/mol. The Morgan fingerprint density at radius 3 is 2.41 bits per heavy atom. The molecule has 1 amide bonds. The van der Waals surface area contributed by atoms with Gasteiger partial charge in [-0.25, -0.2) is 14.2 Å². The lowest BCUT2D eigenvalue weighted by Crippen LogP contribution is -2.42. The Hall–Kier alpha value is -4.48. The van der Waals surface area contributed by atoms with Gasteiger partial charge in [-0.2, -0.15) is 0 Å². The first-order valence-corrected chi connectivity index (χ1v) is 12.3. The van der Waals surface area contributed by atoms with Crippen LogP contribution in [0.3, 0.4) is 0 Å². The molecule has 0 saturated heterocycles. The van der Waals surface area contributed by atoms with Crippen molar-refractivity contribution in [2.24, 2.45) is 0 Å². The molecule has 12 heteroatoms. The maximum atomic E-state index is 15.5. The number of para-hydroxylation sites is 2. The third kappa shape index (κ3) is 7.30. The van der Waals surface area contributed by atoms with E-state index < -0.39 is 35.5 Å². The van der Waals surface area contributed by atoms with Crippen molar-refractivity contribution in [2.45, 2.75) is 39.3 Å². The molecule has 1 unspecified atom stereocenters. The van der Waals surface area contributed by atoms with E-state index in [1.807, 2.05) is 24.3 Å². The van der Waals surface area contributed by atoms with Crippen molar-refractivity contribution in [1.82, 2.24) is 15.3 Å². The maximum Gasteiger partial charge on any atom is 0.328 e. The monoisotopic (exact) mass is 542 g/mol. The number of esters is 2. The van der Waals surface area contributed by atoms with Gasteiger partial charge in [0.1, 0.15) is 17.4 Å². The van der Waals surface area contributed by atoms with E-state index in [4.69, 9.17) is 18.9 Å². The highest BCUT2D eigenvalue weighted by Crippen LogP contribution is 2.37. The third-order valence-electron chi connectivity index (χ3n) is 5.61. The number of hydrogen-bond donors (Lipinski definition) is 2. The summed E-state index contributed by atoms with van der Waals surface area (Å²) in [6.07, 6.45) is 1.36. The van der Waals surface area contributed by atoms with Gasteiger partial charge < -0.3 is 29.6 Å². The molecule has 0 fully saturated rings. The van der Waals surface area contributed by atoms with Crippen molar-refractivity contribution in [2.75, 3.05) is 32.8 Å². The molecule has 3 rings (SSSR count). The van der Waals surface area contributed by atoms with Crippen LogP contribution in [-0.4, -0.2) is 61.3 Å². The Bertz CT molecular complexity index is 1330. The van der Waals surface area contributed by atoms with Crippen LogP contribution >= 0.6 is 0 Å². The number of rotatable bonds is 13. The second kappa shape index (κ2) is 13.9. The van der Waals surface area contributed by atoms with Crippen LogP contribution in [0.15, 0.2) is 36.5 Å². The Morgan fingerprint density at radius 2 is 1.74 bits per heavy atom. The lowest BCUT2D eigenvalue weighted by Gasteiger charge is -2.20. The van der Waals surface area contributed by atoms with Crippen molar-refractivity contribution in [3.05, 3.63) is 53.6 Å². The first kappa shape index (κ1) is 29.1. The smallest absolute Gasteiger partial charge is 0.328 e. The average molecular weight is 543 g/mol. The number of hydrogen-bond acceptors (Lipinski definition) is 10. The summed E-state index contributed by atoms with van der Waals surface area (Å²) < 4.78 is 36.0. The summed E-state index contributed by atoms with van der Waals surface area (Å²) in [7, 11) is 2.52. The number of anilines is 1. The Balaban J connectivity index is 1.85. The standard InChI is InChI=1S/C27H31FN4O7/c1-5-38-22(33)12-11-19(27(35)39-6-2)32-26(34)23-21(36-3)13-20(24(28)25(23)37-4)30-15-16-14-29-17-9-7-8-10-18(17)31-16/h7-10,13-14,19,30H,5-6,11-12,15H2,1-4H3,(H,32,34). The Labute approximate surface area is 225 Å². The highest BCUT2D eigenvalue weighted by Gasteiger charge is 2.30. The zero-order chi connectivity index (χ0) is 28.4. The number of carbonyl (C=O) groups is 3. The summed E-state index contributed by atoms with van der Waals surface area (Å²) in [4.78, 5) is 46.4. The molecular weight excluding hydrogens is 511 g/mol. The lowest BCUT2D eigenvalue weighted by molar-refractivity contribution is -0.146. The molecule has 3 aromatic rings. The molecule has 11 nitrogen and oxygen atoms in total. The highest BCUT2D eigenvalue weighted by molar-refractivity contribution is 6.02. The van der Waals surface area contributed by atoms with E-state index in [1.54, 1.807) is 20.0 Å². The number of methoxy groups -OCH3 is 2. The van der Waals surface area contributed by atoms with Crippen molar-refractivity contribution in [3.8, 4) is 11.5 Å². The number of aromatic nitrogens is 2. The predicted octanol–water partition coefficient (Wildman–Crippen LogP) is 3.40. The van der Waals surface area contributed by atoms with Crippen molar-refractivity contribution >= 4 is 34.6 Å². The largest absolute Gasteiger partial charge is 0.496 e. The van der Waals surface area contributed by atoms with Crippen molar-refractivity contribution < 1.29 is 37.7 Å². The summed E-state index contributed by atoms with van der Waals surface area (Å²) in [5.74, 6) is -3.39. The first-order chi connectivity index (χ1) is 18.8. The second-order valence-electron chi connectivity index (χ2n) is 8.17. The number of nitrogens with zero attached hydrogens (tertiary/aromatic N) is 2. The van der Waals surface area contributed by atoms with E-state index in [0.29, 0.717) is 11.2 Å². The van der Waals surface area contributed by atoms with Gasteiger partial charge in [0.15, 0.2) is 11.6 Å². The minimum Gasteiger partial charge on any atom is -0.496 e. The summed E-state index contributed by atoms with van der Waals surface area (Å²) in [6.45, 7) is 3.64. The molecule has 0 radical (unpaired) electrons. The number of fused-ring (bicyclic) bond motifs is 1. The molecule has 2 aromatic carbocycles. The maximum absolute atomic E-state index is 15.5. The fourth-order valence-electron chi connectivity index (χ4n) is 3.79. The lowest BCUT2D eigenvalue weighted by atomic mass is 10.1. The van der Waals surface area contributed by atoms with Crippen LogP contribution in [-0.2, 0) is 25.6 Å². The highest BCUT2D eigenvalue weighted by atomic mass is 19.1. The third-order valence-corrected chi connectivity index (χ3v) is 5.61. The second-order valence-corrected chi connectivity index (χ2v) is 8.17. The SMILES string of the molecule is CCOC(=O)CCC(NC(=O)c1c(OC)cc(NCc2cnc3ccccc3n2)c(F)c1OC)C(=O)OCC. The molecule has 0 aliphatic rings. The molecule has 2 N–H and O–H groups in total. The van der Waals surface area contributed by atoms with E-state index in [2.05, 4.69) is 20.6 Å². The fourth-order valence-corrected chi connectivity index (χ4v) is 3.79. The quantitative estimate of drug-likeness (QED) is 0.309. The Morgan fingerprint density at radius 1 is 1.03 bits per heavy atom. The van der Waals surface area contributed by atoms with E-state index in [1.165, 1.54) is 20.3 Å². The average Bonchev–Trinajstić information content (AvgIpc) is 2.94. The van der Waals surface area contributed by atoms with E-state index in [0.717, 1.165) is 5.52 Å².